The number of carbonyl (C=O) groups excluding carboxylic acids is 1. The quantitative estimate of drug-likeness (QED) is 0.475. The maximum Gasteiger partial charge on any atom is 0.261 e. The van der Waals surface area contributed by atoms with Gasteiger partial charge in [-0.3, -0.25) is 9.48 Å². The lowest BCUT2D eigenvalue weighted by molar-refractivity contribution is 0.102. The lowest BCUT2D eigenvalue weighted by atomic mass is 10.1. The molecule has 0 spiro atoms. The van der Waals surface area contributed by atoms with Gasteiger partial charge in [0.05, 0.1) is 32.2 Å². The second kappa shape index (κ2) is 8.23. The number of benzene rings is 1. The van der Waals surface area contributed by atoms with Crippen LogP contribution in [-0.2, 0) is 4.74 Å². The zero-order valence-corrected chi connectivity index (χ0v) is 17.7. The van der Waals surface area contributed by atoms with Crippen LogP contribution in [-0.4, -0.2) is 61.8 Å². The normalized spacial score (nSPS) is 18.2. The van der Waals surface area contributed by atoms with Crippen LogP contribution < -0.4 is 10.1 Å². The number of anilines is 1. The van der Waals surface area contributed by atoms with Crippen molar-refractivity contribution in [3.8, 4) is 17.0 Å². The first-order chi connectivity index (χ1) is 15.5. The van der Waals surface area contributed by atoms with Crippen molar-refractivity contribution in [1.82, 2.24) is 24.4 Å². The van der Waals surface area contributed by atoms with Crippen LogP contribution >= 0.6 is 11.6 Å². The van der Waals surface area contributed by atoms with E-state index in [2.05, 4.69) is 20.5 Å². The molecule has 1 aliphatic rings. The Kier molecular flexibility index (Phi) is 5.25. The van der Waals surface area contributed by atoms with E-state index in [1.165, 1.54) is 10.7 Å². The van der Waals surface area contributed by atoms with Crippen molar-refractivity contribution in [3.63, 3.8) is 0 Å². The van der Waals surface area contributed by atoms with Gasteiger partial charge >= 0.3 is 0 Å². The zero-order chi connectivity index (χ0) is 22.2. The molecule has 164 valence electrons. The molecule has 0 radical (unpaired) electrons. The Bertz CT molecular complexity index is 1300. The summed E-state index contributed by atoms with van der Waals surface area (Å²) in [5.74, 6) is 0.139. The molecule has 1 aliphatic heterocycles. The van der Waals surface area contributed by atoms with Gasteiger partial charge in [-0.25, -0.2) is 9.50 Å². The van der Waals surface area contributed by atoms with Gasteiger partial charge < -0.3 is 19.9 Å². The van der Waals surface area contributed by atoms with Gasteiger partial charge in [-0.1, -0.05) is 11.6 Å². The number of methoxy groups -OCH3 is 1. The number of nitrogens with one attached hydrogen (secondary N) is 1. The SMILES string of the molecule is COc1ccc(Cl)cc1-c1nn([C@@H]2COC[C@H]2O)cc1NC(=O)c1cnn2cccnc12. The molecule has 2 atom stereocenters. The first-order valence-corrected chi connectivity index (χ1v) is 10.2. The van der Waals surface area contributed by atoms with Crippen molar-refractivity contribution in [2.24, 2.45) is 0 Å². The zero-order valence-electron chi connectivity index (χ0n) is 17.0. The van der Waals surface area contributed by atoms with Crippen molar-refractivity contribution < 1.29 is 19.4 Å². The Morgan fingerprint density at radius 3 is 3.03 bits per heavy atom. The lowest BCUT2D eigenvalue weighted by Gasteiger charge is -2.12. The third-order valence-electron chi connectivity index (χ3n) is 5.28. The fourth-order valence-corrected chi connectivity index (χ4v) is 3.85. The lowest BCUT2D eigenvalue weighted by Crippen LogP contribution is -2.22. The summed E-state index contributed by atoms with van der Waals surface area (Å²) in [6.45, 7) is 0.524. The van der Waals surface area contributed by atoms with E-state index in [1.54, 1.807) is 54.6 Å². The predicted molar refractivity (Wildman–Crippen MR) is 116 cm³/mol. The van der Waals surface area contributed by atoms with Gasteiger partial charge in [-0.2, -0.15) is 10.2 Å². The van der Waals surface area contributed by atoms with Gasteiger partial charge in [0.15, 0.2) is 5.65 Å². The number of aliphatic hydroxyl groups excluding tert-OH is 1. The molecular formula is C21H19ClN6O4. The maximum atomic E-state index is 13.1. The van der Waals surface area contributed by atoms with E-state index < -0.39 is 12.0 Å². The van der Waals surface area contributed by atoms with E-state index in [9.17, 15) is 9.90 Å². The largest absolute Gasteiger partial charge is 0.496 e. The summed E-state index contributed by atoms with van der Waals surface area (Å²) in [5, 5.41) is 22.5. The molecule has 1 aromatic carbocycles. The number of hydrogen-bond acceptors (Lipinski definition) is 7. The average molecular weight is 455 g/mol. The van der Waals surface area contributed by atoms with Crippen LogP contribution in [0.4, 0.5) is 5.69 Å². The maximum absolute atomic E-state index is 13.1. The first kappa shape index (κ1) is 20.4. The average Bonchev–Trinajstić information content (AvgIpc) is 3.51. The summed E-state index contributed by atoms with van der Waals surface area (Å²) in [6.07, 6.45) is 5.71. The molecule has 0 unspecified atom stereocenters. The van der Waals surface area contributed by atoms with Crippen LogP contribution in [0, 0.1) is 0 Å². The molecule has 0 saturated carbocycles. The molecule has 3 aromatic heterocycles. The van der Waals surface area contributed by atoms with Crippen LogP contribution in [0.5, 0.6) is 5.75 Å². The number of fused-ring (bicyclic) bond motifs is 1. The molecule has 4 aromatic rings. The number of aromatic nitrogens is 5. The van der Waals surface area contributed by atoms with E-state index in [-0.39, 0.29) is 12.6 Å². The number of carbonyl (C=O) groups is 1. The molecule has 1 amide bonds. The van der Waals surface area contributed by atoms with Gasteiger partial charge in [0.25, 0.3) is 5.91 Å². The number of nitrogens with zero attached hydrogens (tertiary/aromatic N) is 5. The summed E-state index contributed by atoms with van der Waals surface area (Å²) in [4.78, 5) is 17.3. The Labute approximate surface area is 187 Å². The van der Waals surface area contributed by atoms with E-state index in [4.69, 9.17) is 21.1 Å². The highest BCUT2D eigenvalue weighted by molar-refractivity contribution is 6.31. The number of rotatable bonds is 5. The topological polar surface area (TPSA) is 116 Å². The number of hydrogen-bond donors (Lipinski definition) is 2. The van der Waals surface area contributed by atoms with Crippen molar-refractivity contribution >= 4 is 28.8 Å². The molecule has 32 heavy (non-hydrogen) atoms. The van der Waals surface area contributed by atoms with Crippen LogP contribution in [0.15, 0.2) is 49.1 Å². The second-order valence-corrected chi connectivity index (χ2v) is 7.72. The van der Waals surface area contributed by atoms with E-state index >= 15 is 0 Å². The van der Waals surface area contributed by atoms with Gasteiger partial charge in [0, 0.05) is 29.2 Å². The summed E-state index contributed by atoms with van der Waals surface area (Å²) >= 11 is 6.23. The molecule has 11 heteroatoms. The minimum atomic E-state index is -0.712. The Hall–Kier alpha value is -3.47. The number of amides is 1. The van der Waals surface area contributed by atoms with Crippen molar-refractivity contribution in [2.45, 2.75) is 12.1 Å². The number of ether oxygens (including phenoxy) is 2. The third kappa shape index (κ3) is 3.58. The van der Waals surface area contributed by atoms with Crippen LogP contribution in [0.25, 0.3) is 16.9 Å². The summed E-state index contributed by atoms with van der Waals surface area (Å²) in [6, 6.07) is 6.48. The molecule has 1 saturated heterocycles. The Morgan fingerprint density at radius 1 is 1.38 bits per heavy atom. The highest BCUT2D eigenvalue weighted by atomic mass is 35.5. The molecule has 0 bridgehead atoms. The highest BCUT2D eigenvalue weighted by Gasteiger charge is 2.30. The molecule has 4 heterocycles. The molecular weight excluding hydrogens is 436 g/mol. The summed E-state index contributed by atoms with van der Waals surface area (Å²) < 4.78 is 14.0. The van der Waals surface area contributed by atoms with E-state index in [0.29, 0.717) is 45.5 Å². The molecule has 0 aliphatic carbocycles. The number of halogens is 1. The van der Waals surface area contributed by atoms with Crippen molar-refractivity contribution in [3.05, 3.63) is 59.6 Å². The fraction of sp³-hybridized carbons (Fsp3) is 0.238. The standard InChI is InChI=1S/C21H19ClN6O4/c1-31-18-4-3-12(22)7-13(18)19-15(9-28(26-19)16-10-32-11-17(16)29)25-21(30)14-8-24-27-6-2-5-23-20(14)27/h2-9,16-17,29H,10-11H2,1H3,(H,25,30)/t16-,17-/m1/s1. The highest BCUT2D eigenvalue weighted by Crippen LogP contribution is 2.37. The molecule has 10 nitrogen and oxygen atoms in total. The van der Waals surface area contributed by atoms with Crippen molar-refractivity contribution in [1.29, 1.82) is 0 Å². The van der Waals surface area contributed by atoms with Gasteiger partial charge in [-0.05, 0) is 24.3 Å². The molecule has 2 N–H and O–H groups in total. The number of aliphatic hydroxyl groups is 1. The van der Waals surface area contributed by atoms with Crippen LogP contribution in [0.1, 0.15) is 16.4 Å². The van der Waals surface area contributed by atoms with E-state index in [1.807, 2.05) is 0 Å². The second-order valence-electron chi connectivity index (χ2n) is 7.29. The van der Waals surface area contributed by atoms with Crippen LogP contribution in [0.2, 0.25) is 5.02 Å². The summed E-state index contributed by atoms with van der Waals surface area (Å²) in [5.41, 5.74) is 2.21. The molecule has 1 fully saturated rings. The van der Waals surface area contributed by atoms with Crippen LogP contribution in [0.3, 0.4) is 0 Å². The van der Waals surface area contributed by atoms with Gasteiger partial charge in [-0.15, -0.1) is 0 Å². The van der Waals surface area contributed by atoms with Gasteiger partial charge in [0.2, 0.25) is 0 Å². The Balaban J connectivity index is 1.58. The fourth-order valence-electron chi connectivity index (χ4n) is 3.68. The summed E-state index contributed by atoms with van der Waals surface area (Å²) in [7, 11) is 1.54. The minimum absolute atomic E-state index is 0.218. The predicted octanol–water partition coefficient (Wildman–Crippen LogP) is 2.44. The van der Waals surface area contributed by atoms with E-state index in [0.717, 1.165) is 0 Å². The van der Waals surface area contributed by atoms with Crippen molar-refractivity contribution in [2.75, 3.05) is 25.6 Å². The minimum Gasteiger partial charge on any atom is -0.496 e. The first-order valence-electron chi connectivity index (χ1n) is 9.83. The third-order valence-corrected chi connectivity index (χ3v) is 5.52. The smallest absolute Gasteiger partial charge is 0.261 e. The molecule has 5 rings (SSSR count). The monoisotopic (exact) mass is 454 g/mol. The van der Waals surface area contributed by atoms with Gasteiger partial charge in [0.1, 0.15) is 29.2 Å². The Morgan fingerprint density at radius 2 is 2.25 bits per heavy atom.